The highest BCUT2D eigenvalue weighted by Gasteiger charge is 2.20. The summed E-state index contributed by atoms with van der Waals surface area (Å²) in [6.45, 7) is 1.59. The molecule has 8 heteroatoms. The molecule has 1 heterocycles. The Balaban J connectivity index is 1.97. The fraction of sp³-hybridized carbons (Fsp3) is 0.333. The van der Waals surface area contributed by atoms with E-state index >= 15 is 0 Å². The molecular formula is C12H14N4O3S. The van der Waals surface area contributed by atoms with Gasteiger partial charge in [0.25, 0.3) is 0 Å². The second-order valence-corrected chi connectivity index (χ2v) is 6.02. The molecule has 20 heavy (non-hydrogen) atoms. The molecule has 1 aromatic carbocycles. The van der Waals surface area contributed by atoms with Crippen LogP contribution < -0.4 is 10.0 Å². The lowest BCUT2D eigenvalue weighted by atomic mass is 10.2. The SMILES string of the molecule is N#Cc1cccc(S(=O)(=O)NCCN2CCNC2=O)c1. The highest BCUT2D eigenvalue weighted by molar-refractivity contribution is 7.89. The van der Waals surface area contributed by atoms with Crippen molar-refractivity contribution in [1.29, 1.82) is 5.26 Å². The summed E-state index contributed by atoms with van der Waals surface area (Å²) in [5, 5.41) is 11.4. The number of benzene rings is 1. The predicted octanol–water partition coefficient (Wildman–Crippen LogP) is -0.138. The molecule has 106 valence electrons. The number of carbonyl (C=O) groups excluding carboxylic acids is 1. The van der Waals surface area contributed by atoms with Crippen LogP contribution >= 0.6 is 0 Å². The standard InChI is InChI=1S/C12H14N4O3S/c13-9-10-2-1-3-11(8-10)20(18,19)15-5-7-16-6-4-14-12(16)17/h1-3,8,15H,4-7H2,(H,14,17). The van der Waals surface area contributed by atoms with E-state index in [-0.39, 0.29) is 23.0 Å². The molecule has 0 atom stereocenters. The Kier molecular flexibility index (Phi) is 4.22. The van der Waals surface area contributed by atoms with Gasteiger partial charge in [-0.25, -0.2) is 17.9 Å². The minimum Gasteiger partial charge on any atom is -0.336 e. The van der Waals surface area contributed by atoms with Gasteiger partial charge in [-0.3, -0.25) is 0 Å². The van der Waals surface area contributed by atoms with Crippen LogP contribution in [0.2, 0.25) is 0 Å². The molecule has 0 radical (unpaired) electrons. The number of nitriles is 1. The van der Waals surface area contributed by atoms with E-state index in [1.165, 1.54) is 29.2 Å². The van der Waals surface area contributed by atoms with Gasteiger partial charge >= 0.3 is 6.03 Å². The lowest BCUT2D eigenvalue weighted by molar-refractivity contribution is 0.218. The lowest BCUT2D eigenvalue weighted by Gasteiger charge is -2.14. The number of rotatable bonds is 5. The Morgan fingerprint density at radius 1 is 1.45 bits per heavy atom. The minimum atomic E-state index is -3.66. The summed E-state index contributed by atoms with van der Waals surface area (Å²) in [4.78, 5) is 12.9. The van der Waals surface area contributed by atoms with Crippen molar-refractivity contribution in [3.63, 3.8) is 0 Å². The molecule has 1 aliphatic rings. The van der Waals surface area contributed by atoms with Crippen LogP contribution in [0, 0.1) is 11.3 Å². The molecule has 0 unspecified atom stereocenters. The first kappa shape index (κ1) is 14.3. The van der Waals surface area contributed by atoms with Crippen LogP contribution in [0.1, 0.15) is 5.56 Å². The van der Waals surface area contributed by atoms with Gasteiger partial charge < -0.3 is 10.2 Å². The second kappa shape index (κ2) is 5.90. The van der Waals surface area contributed by atoms with Crippen molar-refractivity contribution in [2.45, 2.75) is 4.90 Å². The first-order chi connectivity index (χ1) is 9.53. The number of hydrogen-bond donors (Lipinski definition) is 2. The minimum absolute atomic E-state index is 0.0439. The first-order valence-corrected chi connectivity index (χ1v) is 7.54. The number of amides is 2. The van der Waals surface area contributed by atoms with Gasteiger partial charge in [0.1, 0.15) is 0 Å². The third-order valence-electron chi connectivity index (χ3n) is 2.89. The van der Waals surface area contributed by atoms with E-state index < -0.39 is 10.0 Å². The highest BCUT2D eigenvalue weighted by Crippen LogP contribution is 2.10. The third-order valence-corrected chi connectivity index (χ3v) is 4.35. The zero-order valence-corrected chi connectivity index (χ0v) is 11.5. The Morgan fingerprint density at radius 3 is 2.90 bits per heavy atom. The van der Waals surface area contributed by atoms with E-state index in [4.69, 9.17) is 5.26 Å². The Hall–Kier alpha value is -2.11. The van der Waals surface area contributed by atoms with Crippen molar-refractivity contribution in [2.75, 3.05) is 26.2 Å². The summed E-state index contributed by atoms with van der Waals surface area (Å²) >= 11 is 0. The Bertz CT molecular complexity index is 651. The maximum absolute atomic E-state index is 12.0. The normalized spacial score (nSPS) is 14.9. The smallest absolute Gasteiger partial charge is 0.317 e. The average molecular weight is 294 g/mol. The van der Waals surface area contributed by atoms with E-state index in [1.807, 2.05) is 6.07 Å². The average Bonchev–Trinajstić information content (AvgIpc) is 2.84. The van der Waals surface area contributed by atoms with Crippen LogP contribution in [0.3, 0.4) is 0 Å². The van der Waals surface area contributed by atoms with Crippen molar-refractivity contribution >= 4 is 16.1 Å². The molecule has 0 aliphatic carbocycles. The molecule has 2 amide bonds. The van der Waals surface area contributed by atoms with Crippen molar-refractivity contribution in [2.24, 2.45) is 0 Å². The Morgan fingerprint density at radius 2 is 2.25 bits per heavy atom. The van der Waals surface area contributed by atoms with Crippen LogP contribution in [0.5, 0.6) is 0 Å². The van der Waals surface area contributed by atoms with Crippen LogP contribution in [-0.4, -0.2) is 45.5 Å². The topological polar surface area (TPSA) is 102 Å². The maximum Gasteiger partial charge on any atom is 0.317 e. The van der Waals surface area contributed by atoms with E-state index in [0.717, 1.165) is 0 Å². The highest BCUT2D eigenvalue weighted by atomic mass is 32.2. The predicted molar refractivity (Wildman–Crippen MR) is 71.3 cm³/mol. The quantitative estimate of drug-likeness (QED) is 0.789. The van der Waals surface area contributed by atoms with Gasteiger partial charge in [-0.15, -0.1) is 0 Å². The lowest BCUT2D eigenvalue weighted by Crippen LogP contribution is -2.36. The molecular weight excluding hydrogens is 280 g/mol. The maximum atomic E-state index is 12.0. The van der Waals surface area contributed by atoms with Crippen LogP contribution in [0.4, 0.5) is 4.79 Å². The number of sulfonamides is 1. The molecule has 1 fully saturated rings. The number of nitrogens with one attached hydrogen (secondary N) is 2. The molecule has 2 N–H and O–H groups in total. The fourth-order valence-corrected chi connectivity index (χ4v) is 2.92. The van der Waals surface area contributed by atoms with Gasteiger partial charge in [0.05, 0.1) is 16.5 Å². The largest absolute Gasteiger partial charge is 0.336 e. The number of carbonyl (C=O) groups is 1. The summed E-state index contributed by atoms with van der Waals surface area (Å²) in [6, 6.07) is 7.49. The van der Waals surface area contributed by atoms with Crippen molar-refractivity contribution < 1.29 is 13.2 Å². The monoisotopic (exact) mass is 294 g/mol. The first-order valence-electron chi connectivity index (χ1n) is 6.05. The summed E-state index contributed by atoms with van der Waals surface area (Å²) in [5.74, 6) is 0. The molecule has 0 bridgehead atoms. The second-order valence-electron chi connectivity index (χ2n) is 4.26. The molecule has 0 spiro atoms. The zero-order valence-electron chi connectivity index (χ0n) is 10.7. The summed E-state index contributed by atoms with van der Waals surface area (Å²) < 4.78 is 26.4. The van der Waals surface area contributed by atoms with Crippen LogP contribution in [0.25, 0.3) is 0 Å². The van der Waals surface area contributed by atoms with Crippen molar-refractivity contribution in [3.05, 3.63) is 29.8 Å². The van der Waals surface area contributed by atoms with Crippen LogP contribution in [0.15, 0.2) is 29.2 Å². The van der Waals surface area contributed by atoms with Gasteiger partial charge in [-0.05, 0) is 18.2 Å². The molecule has 0 aromatic heterocycles. The van der Waals surface area contributed by atoms with Gasteiger partial charge in [0, 0.05) is 26.2 Å². The fourth-order valence-electron chi connectivity index (χ4n) is 1.86. The molecule has 1 saturated heterocycles. The number of nitrogens with zero attached hydrogens (tertiary/aromatic N) is 2. The molecule has 7 nitrogen and oxygen atoms in total. The molecule has 0 saturated carbocycles. The number of hydrogen-bond acceptors (Lipinski definition) is 4. The summed E-state index contributed by atoms with van der Waals surface area (Å²) in [6.07, 6.45) is 0. The van der Waals surface area contributed by atoms with Gasteiger partial charge in [-0.1, -0.05) is 6.07 Å². The Labute approximate surface area is 117 Å². The van der Waals surface area contributed by atoms with Crippen molar-refractivity contribution in [1.82, 2.24) is 14.9 Å². The summed E-state index contributed by atoms with van der Waals surface area (Å²) in [7, 11) is -3.66. The van der Waals surface area contributed by atoms with Gasteiger partial charge in [0.15, 0.2) is 0 Å². The van der Waals surface area contributed by atoms with Crippen molar-refractivity contribution in [3.8, 4) is 6.07 Å². The van der Waals surface area contributed by atoms with E-state index in [2.05, 4.69) is 10.0 Å². The molecule has 2 rings (SSSR count). The van der Waals surface area contributed by atoms with E-state index in [1.54, 1.807) is 0 Å². The molecule has 1 aliphatic heterocycles. The zero-order chi connectivity index (χ0) is 14.6. The van der Waals surface area contributed by atoms with Crippen LogP contribution in [-0.2, 0) is 10.0 Å². The van der Waals surface area contributed by atoms with Gasteiger partial charge in [-0.2, -0.15) is 5.26 Å². The van der Waals surface area contributed by atoms with E-state index in [9.17, 15) is 13.2 Å². The van der Waals surface area contributed by atoms with Gasteiger partial charge in [0.2, 0.25) is 10.0 Å². The molecule has 1 aromatic rings. The van der Waals surface area contributed by atoms with E-state index in [0.29, 0.717) is 19.6 Å². The third kappa shape index (κ3) is 3.26. The number of urea groups is 1. The summed E-state index contributed by atoms with van der Waals surface area (Å²) in [5.41, 5.74) is 0.284.